The highest BCUT2D eigenvalue weighted by Gasteiger charge is 2.14. The maximum atomic E-state index is 12.0. The van der Waals surface area contributed by atoms with Crippen molar-refractivity contribution in [2.45, 2.75) is 51.7 Å². The molecular weight excluding hydrogens is 332 g/mol. The molecule has 2 aromatic rings. The summed E-state index contributed by atoms with van der Waals surface area (Å²) in [7, 11) is 0. The predicted molar refractivity (Wildman–Crippen MR) is 102 cm³/mol. The van der Waals surface area contributed by atoms with Crippen LogP contribution in [0.2, 0.25) is 0 Å². The van der Waals surface area contributed by atoms with Crippen LogP contribution in [0, 0.1) is 6.92 Å². The van der Waals surface area contributed by atoms with Crippen LogP contribution < -0.4 is 10.1 Å². The number of aryl methyl sites for hydroxylation is 1. The van der Waals surface area contributed by atoms with E-state index in [0.29, 0.717) is 12.6 Å². The molecule has 1 amide bonds. The first-order valence-corrected chi connectivity index (χ1v) is 9.64. The standard InChI is InChI=1S/C20H24N2O2S/c1-15-21-14-19(25-15)10-11-20(23)22-13-16-6-5-9-18(12-16)24-17-7-3-2-4-8-17/h5-6,9-12,14,17H,2-4,7-8,13H2,1H3,(H,22,23)/b11-10+. The second-order valence-electron chi connectivity index (χ2n) is 6.36. The minimum atomic E-state index is -0.107. The molecule has 0 spiro atoms. The molecule has 1 N–H and O–H groups in total. The number of nitrogens with zero attached hydrogens (tertiary/aromatic N) is 1. The Morgan fingerprint density at radius 3 is 2.96 bits per heavy atom. The van der Waals surface area contributed by atoms with Crippen LogP contribution in [0.1, 0.15) is 47.6 Å². The van der Waals surface area contributed by atoms with Crippen LogP contribution in [0.5, 0.6) is 5.75 Å². The van der Waals surface area contributed by atoms with Crippen molar-refractivity contribution in [3.05, 3.63) is 52.0 Å². The largest absolute Gasteiger partial charge is 0.490 e. The van der Waals surface area contributed by atoms with Gasteiger partial charge in [-0.2, -0.15) is 0 Å². The number of aromatic nitrogens is 1. The molecule has 0 aliphatic heterocycles. The van der Waals surface area contributed by atoms with Crippen LogP contribution in [-0.2, 0) is 11.3 Å². The summed E-state index contributed by atoms with van der Waals surface area (Å²) in [6.07, 6.45) is 11.6. The lowest BCUT2D eigenvalue weighted by atomic mass is 9.98. The molecule has 4 nitrogen and oxygen atoms in total. The van der Waals surface area contributed by atoms with Gasteiger partial charge in [-0.25, -0.2) is 4.98 Å². The SMILES string of the molecule is Cc1ncc(/C=C/C(=O)NCc2cccc(OC3CCCCC3)c2)s1. The summed E-state index contributed by atoms with van der Waals surface area (Å²) in [4.78, 5) is 17.1. The van der Waals surface area contributed by atoms with Gasteiger partial charge in [-0.05, 0) is 56.4 Å². The fourth-order valence-corrected chi connectivity index (χ4v) is 3.65. The van der Waals surface area contributed by atoms with Crippen molar-refractivity contribution < 1.29 is 9.53 Å². The Hall–Kier alpha value is -2.14. The van der Waals surface area contributed by atoms with Crippen molar-refractivity contribution in [2.24, 2.45) is 0 Å². The molecule has 5 heteroatoms. The highest BCUT2D eigenvalue weighted by atomic mass is 32.1. The van der Waals surface area contributed by atoms with E-state index < -0.39 is 0 Å². The molecule has 3 rings (SSSR count). The van der Waals surface area contributed by atoms with E-state index in [1.807, 2.05) is 31.2 Å². The first-order valence-electron chi connectivity index (χ1n) is 8.83. The van der Waals surface area contributed by atoms with Crippen molar-refractivity contribution in [2.75, 3.05) is 0 Å². The number of thiazole rings is 1. The van der Waals surface area contributed by atoms with Crippen molar-refractivity contribution in [1.82, 2.24) is 10.3 Å². The summed E-state index contributed by atoms with van der Waals surface area (Å²) in [5.41, 5.74) is 1.05. The van der Waals surface area contributed by atoms with Crippen LogP contribution in [0.15, 0.2) is 36.5 Å². The van der Waals surface area contributed by atoms with E-state index in [1.165, 1.54) is 19.3 Å². The first kappa shape index (κ1) is 17.7. The Morgan fingerprint density at radius 1 is 1.36 bits per heavy atom. The topological polar surface area (TPSA) is 51.2 Å². The maximum Gasteiger partial charge on any atom is 0.244 e. The van der Waals surface area contributed by atoms with Crippen molar-refractivity contribution in [1.29, 1.82) is 0 Å². The summed E-state index contributed by atoms with van der Waals surface area (Å²) >= 11 is 1.57. The number of carbonyl (C=O) groups excluding carboxylic acids is 1. The summed E-state index contributed by atoms with van der Waals surface area (Å²) in [5.74, 6) is 0.791. The third-order valence-corrected chi connectivity index (χ3v) is 5.14. The Kier molecular flexibility index (Phi) is 6.23. The zero-order valence-electron chi connectivity index (χ0n) is 14.5. The molecule has 1 aromatic heterocycles. The number of carbonyl (C=O) groups is 1. The Labute approximate surface area is 152 Å². The molecule has 0 bridgehead atoms. The zero-order chi connectivity index (χ0) is 17.5. The van der Waals surface area contributed by atoms with E-state index in [4.69, 9.17) is 4.74 Å². The van der Waals surface area contributed by atoms with Crippen molar-refractivity contribution in [3.63, 3.8) is 0 Å². The number of hydrogen-bond donors (Lipinski definition) is 1. The number of nitrogens with one attached hydrogen (secondary N) is 1. The summed E-state index contributed by atoms with van der Waals surface area (Å²) in [5, 5.41) is 3.91. The van der Waals surface area contributed by atoms with Gasteiger partial charge in [-0.3, -0.25) is 4.79 Å². The lowest BCUT2D eigenvalue weighted by molar-refractivity contribution is -0.116. The number of benzene rings is 1. The Bertz CT molecular complexity index is 733. The van der Waals surface area contributed by atoms with Crippen LogP contribution in [0.4, 0.5) is 0 Å². The van der Waals surface area contributed by atoms with E-state index in [2.05, 4.69) is 10.3 Å². The molecule has 1 aromatic carbocycles. The van der Waals surface area contributed by atoms with E-state index in [1.54, 1.807) is 29.7 Å². The molecule has 0 unspecified atom stereocenters. The van der Waals surface area contributed by atoms with Gasteiger partial charge in [-0.1, -0.05) is 18.6 Å². The first-order chi connectivity index (χ1) is 12.2. The highest BCUT2D eigenvalue weighted by molar-refractivity contribution is 7.12. The van der Waals surface area contributed by atoms with Gasteiger partial charge >= 0.3 is 0 Å². The second kappa shape index (κ2) is 8.81. The van der Waals surface area contributed by atoms with Gasteiger partial charge in [0.25, 0.3) is 0 Å². The van der Waals surface area contributed by atoms with Gasteiger partial charge in [0.15, 0.2) is 0 Å². The van der Waals surface area contributed by atoms with Crippen molar-refractivity contribution >= 4 is 23.3 Å². The van der Waals surface area contributed by atoms with E-state index in [9.17, 15) is 4.79 Å². The summed E-state index contributed by atoms with van der Waals surface area (Å²) < 4.78 is 6.08. The van der Waals surface area contributed by atoms with Gasteiger partial charge in [0.2, 0.25) is 5.91 Å². The molecule has 1 aliphatic rings. The minimum Gasteiger partial charge on any atom is -0.490 e. The molecule has 1 fully saturated rings. The van der Waals surface area contributed by atoms with E-state index >= 15 is 0 Å². The molecule has 0 atom stereocenters. The van der Waals surface area contributed by atoms with Crippen LogP contribution in [0.25, 0.3) is 6.08 Å². The molecule has 0 saturated heterocycles. The molecule has 0 radical (unpaired) electrons. The molecule has 132 valence electrons. The number of amides is 1. The van der Waals surface area contributed by atoms with Gasteiger partial charge in [-0.15, -0.1) is 11.3 Å². The number of hydrogen-bond acceptors (Lipinski definition) is 4. The van der Waals surface area contributed by atoms with Gasteiger partial charge in [0.1, 0.15) is 5.75 Å². The monoisotopic (exact) mass is 356 g/mol. The summed E-state index contributed by atoms with van der Waals surface area (Å²) in [6, 6.07) is 8.00. The molecule has 1 aliphatic carbocycles. The van der Waals surface area contributed by atoms with Gasteiger partial charge in [0.05, 0.1) is 11.1 Å². The van der Waals surface area contributed by atoms with Crippen LogP contribution in [-0.4, -0.2) is 17.0 Å². The lowest BCUT2D eigenvalue weighted by Gasteiger charge is -2.23. The van der Waals surface area contributed by atoms with Gasteiger partial charge < -0.3 is 10.1 Å². The normalized spacial score (nSPS) is 15.4. The number of ether oxygens (including phenoxy) is 1. The molecule has 25 heavy (non-hydrogen) atoms. The Morgan fingerprint density at radius 2 is 2.20 bits per heavy atom. The fourth-order valence-electron chi connectivity index (χ4n) is 2.96. The zero-order valence-corrected chi connectivity index (χ0v) is 15.3. The minimum absolute atomic E-state index is 0.107. The lowest BCUT2D eigenvalue weighted by Crippen LogP contribution is -2.21. The quantitative estimate of drug-likeness (QED) is 0.776. The fraction of sp³-hybridized carbons (Fsp3) is 0.400. The summed E-state index contributed by atoms with van der Waals surface area (Å²) in [6.45, 7) is 2.44. The molecule has 1 saturated carbocycles. The smallest absolute Gasteiger partial charge is 0.244 e. The molecule has 1 heterocycles. The van der Waals surface area contributed by atoms with Gasteiger partial charge in [0, 0.05) is 23.7 Å². The third kappa shape index (κ3) is 5.71. The predicted octanol–water partition coefficient (Wildman–Crippen LogP) is 4.49. The average molecular weight is 356 g/mol. The van der Waals surface area contributed by atoms with Crippen molar-refractivity contribution in [3.8, 4) is 5.75 Å². The van der Waals surface area contributed by atoms with Crippen LogP contribution in [0.3, 0.4) is 0 Å². The van der Waals surface area contributed by atoms with E-state index in [-0.39, 0.29) is 5.91 Å². The Balaban J connectivity index is 1.49. The number of rotatable bonds is 6. The highest BCUT2D eigenvalue weighted by Crippen LogP contribution is 2.24. The maximum absolute atomic E-state index is 12.0. The average Bonchev–Trinajstić information content (AvgIpc) is 3.05. The van der Waals surface area contributed by atoms with E-state index in [0.717, 1.165) is 34.0 Å². The molecular formula is C20H24N2O2S. The second-order valence-corrected chi connectivity index (χ2v) is 7.62. The third-order valence-electron chi connectivity index (χ3n) is 4.26. The van der Waals surface area contributed by atoms with Crippen LogP contribution >= 0.6 is 11.3 Å².